The van der Waals surface area contributed by atoms with Gasteiger partial charge < -0.3 is 14.6 Å². The first kappa shape index (κ1) is 20.9. The zero-order valence-electron chi connectivity index (χ0n) is 18.5. The monoisotopic (exact) mass is 431 g/mol. The Morgan fingerprint density at radius 3 is 2.88 bits per heavy atom. The second kappa shape index (κ2) is 8.87. The molecule has 1 N–H and O–H groups in total. The van der Waals surface area contributed by atoms with Gasteiger partial charge in [-0.15, -0.1) is 0 Å². The zero-order valence-corrected chi connectivity index (χ0v) is 18.5. The number of ether oxygens (including phenoxy) is 1. The average molecular weight is 432 g/mol. The van der Waals surface area contributed by atoms with Crippen LogP contribution in [0.15, 0.2) is 24.4 Å². The molecule has 1 aliphatic carbocycles. The van der Waals surface area contributed by atoms with Crippen molar-refractivity contribution in [1.82, 2.24) is 19.9 Å². The number of imidazole rings is 1. The maximum Gasteiger partial charge on any atom is 0.227 e. The number of nitriles is 1. The number of rotatable bonds is 4. The van der Waals surface area contributed by atoms with Crippen LogP contribution >= 0.6 is 0 Å². The zero-order chi connectivity index (χ0) is 22.1. The van der Waals surface area contributed by atoms with Crippen LogP contribution in [-0.4, -0.2) is 39.2 Å². The van der Waals surface area contributed by atoms with Crippen molar-refractivity contribution in [1.29, 1.82) is 5.26 Å². The lowest BCUT2D eigenvalue weighted by Crippen LogP contribution is -2.37. The summed E-state index contributed by atoms with van der Waals surface area (Å²) in [7, 11) is 0. The first-order valence-electron chi connectivity index (χ1n) is 11.7. The summed E-state index contributed by atoms with van der Waals surface area (Å²) in [5.74, 6) is 0.799. The van der Waals surface area contributed by atoms with Crippen LogP contribution < -0.4 is 5.32 Å². The third-order valence-electron chi connectivity index (χ3n) is 6.83. The van der Waals surface area contributed by atoms with E-state index in [1.54, 1.807) is 12.3 Å². The van der Waals surface area contributed by atoms with Crippen LogP contribution in [0.2, 0.25) is 0 Å². The highest BCUT2D eigenvalue weighted by Gasteiger charge is 2.27. The number of benzene rings is 1. The minimum absolute atomic E-state index is 0.0311. The van der Waals surface area contributed by atoms with E-state index in [1.165, 1.54) is 19.3 Å². The number of amides is 1. The van der Waals surface area contributed by atoms with Crippen molar-refractivity contribution in [3.8, 4) is 6.07 Å². The summed E-state index contributed by atoms with van der Waals surface area (Å²) in [6.07, 6.45) is 9.66. The minimum Gasteiger partial charge on any atom is -0.378 e. The number of fused-ring (bicyclic) bond motifs is 3. The first-order chi connectivity index (χ1) is 15.6. The van der Waals surface area contributed by atoms with Crippen LogP contribution in [0.3, 0.4) is 0 Å². The number of hydrogen-bond acceptors (Lipinski definition) is 5. The standard InChI is InChI=1S/C25H29N5O2/c1-16-11-19(9-10-32-16)30-23(13-24(31)28-18-5-3-2-4-6-18)29-22-15-27-21-8-7-17(14-26)12-20(21)25(22)30/h7-8,12,15-16,18-19H,2-6,9-11,13H2,1H3,(H,28,31)/t16-,19-/m1/s1. The highest BCUT2D eigenvalue weighted by atomic mass is 16.5. The maximum atomic E-state index is 13.0. The van der Waals surface area contributed by atoms with Gasteiger partial charge in [-0.3, -0.25) is 9.78 Å². The molecule has 2 aromatic heterocycles. The summed E-state index contributed by atoms with van der Waals surface area (Å²) in [6, 6.07) is 8.26. The lowest BCUT2D eigenvalue weighted by molar-refractivity contribution is -0.121. The van der Waals surface area contributed by atoms with Gasteiger partial charge in [0.1, 0.15) is 11.3 Å². The number of carbonyl (C=O) groups is 1. The van der Waals surface area contributed by atoms with Gasteiger partial charge in [0.25, 0.3) is 0 Å². The van der Waals surface area contributed by atoms with Gasteiger partial charge in [0, 0.05) is 24.1 Å². The van der Waals surface area contributed by atoms with Crippen LogP contribution in [0.25, 0.3) is 21.9 Å². The lowest BCUT2D eigenvalue weighted by Gasteiger charge is -2.30. The summed E-state index contributed by atoms with van der Waals surface area (Å²) in [5.41, 5.74) is 3.16. The number of nitrogens with zero attached hydrogens (tertiary/aromatic N) is 4. The molecule has 1 aromatic carbocycles. The minimum atomic E-state index is 0.0311. The summed E-state index contributed by atoms with van der Waals surface area (Å²) in [4.78, 5) is 22.4. The van der Waals surface area contributed by atoms with E-state index in [4.69, 9.17) is 9.72 Å². The van der Waals surface area contributed by atoms with Gasteiger partial charge in [-0.1, -0.05) is 19.3 Å². The SMILES string of the molecule is C[C@@H]1C[C@H](n2c(CC(=O)NC3CCCCC3)nc3cnc4ccc(C#N)cc4c32)CCO1. The van der Waals surface area contributed by atoms with E-state index in [0.717, 1.165) is 53.4 Å². The topological polar surface area (TPSA) is 92.8 Å². The Bertz CT molecular complexity index is 1190. The van der Waals surface area contributed by atoms with Crippen LogP contribution in [-0.2, 0) is 16.0 Å². The van der Waals surface area contributed by atoms with Gasteiger partial charge >= 0.3 is 0 Å². The van der Waals surface area contributed by atoms with Crippen molar-refractivity contribution in [2.75, 3.05) is 6.61 Å². The van der Waals surface area contributed by atoms with Gasteiger partial charge in [-0.25, -0.2) is 4.98 Å². The molecule has 1 saturated carbocycles. The molecule has 0 bridgehead atoms. The van der Waals surface area contributed by atoms with Crippen molar-refractivity contribution in [2.24, 2.45) is 0 Å². The van der Waals surface area contributed by atoms with Crippen molar-refractivity contribution in [3.05, 3.63) is 35.8 Å². The Kier molecular flexibility index (Phi) is 5.79. The molecule has 2 atom stereocenters. The number of nitrogens with one attached hydrogen (secondary N) is 1. The van der Waals surface area contributed by atoms with Gasteiger partial charge in [-0.2, -0.15) is 5.26 Å². The molecule has 3 aromatic rings. The molecule has 7 nitrogen and oxygen atoms in total. The molecule has 166 valence electrons. The third kappa shape index (κ3) is 4.07. The molecule has 0 spiro atoms. The highest BCUT2D eigenvalue weighted by Crippen LogP contribution is 2.34. The van der Waals surface area contributed by atoms with Crippen LogP contribution in [0, 0.1) is 11.3 Å². The second-order valence-electron chi connectivity index (χ2n) is 9.17. The molecule has 1 saturated heterocycles. The Labute approximate surface area is 187 Å². The predicted molar refractivity (Wildman–Crippen MR) is 122 cm³/mol. The van der Waals surface area contributed by atoms with E-state index in [1.807, 2.05) is 12.1 Å². The average Bonchev–Trinajstić information content (AvgIpc) is 3.17. The Morgan fingerprint density at radius 1 is 1.25 bits per heavy atom. The first-order valence-corrected chi connectivity index (χ1v) is 11.7. The number of carbonyl (C=O) groups excluding carboxylic acids is 1. The molecule has 7 heteroatoms. The molecule has 3 heterocycles. The number of aromatic nitrogens is 3. The summed E-state index contributed by atoms with van der Waals surface area (Å²) in [5, 5.41) is 13.6. The van der Waals surface area contributed by atoms with Crippen LogP contribution in [0.5, 0.6) is 0 Å². The second-order valence-corrected chi connectivity index (χ2v) is 9.17. The molecule has 2 aliphatic rings. The van der Waals surface area contributed by atoms with E-state index in [9.17, 15) is 10.1 Å². The van der Waals surface area contributed by atoms with E-state index >= 15 is 0 Å². The summed E-state index contributed by atoms with van der Waals surface area (Å²) in [6.45, 7) is 2.78. The molecular weight excluding hydrogens is 402 g/mol. The predicted octanol–water partition coefficient (Wildman–Crippen LogP) is 4.19. The molecular formula is C25H29N5O2. The van der Waals surface area contributed by atoms with Crippen LogP contribution in [0.4, 0.5) is 0 Å². The number of pyridine rings is 1. The van der Waals surface area contributed by atoms with Crippen molar-refractivity contribution in [2.45, 2.75) is 76.5 Å². The number of hydrogen-bond donors (Lipinski definition) is 1. The normalized spacial score (nSPS) is 22.1. The molecule has 0 unspecified atom stereocenters. The fourth-order valence-electron chi connectivity index (χ4n) is 5.29. The van der Waals surface area contributed by atoms with E-state index in [0.29, 0.717) is 12.2 Å². The molecule has 32 heavy (non-hydrogen) atoms. The fourth-order valence-corrected chi connectivity index (χ4v) is 5.29. The van der Waals surface area contributed by atoms with Crippen molar-refractivity contribution in [3.63, 3.8) is 0 Å². The summed E-state index contributed by atoms with van der Waals surface area (Å²) >= 11 is 0. The lowest BCUT2D eigenvalue weighted by atomic mass is 9.95. The van der Waals surface area contributed by atoms with E-state index in [2.05, 4.69) is 27.9 Å². The molecule has 0 radical (unpaired) electrons. The highest BCUT2D eigenvalue weighted by molar-refractivity contribution is 6.03. The molecule has 5 rings (SSSR count). The third-order valence-corrected chi connectivity index (χ3v) is 6.83. The largest absolute Gasteiger partial charge is 0.378 e. The van der Waals surface area contributed by atoms with Gasteiger partial charge in [0.05, 0.1) is 41.4 Å². The fraction of sp³-hybridized carbons (Fsp3) is 0.520. The molecule has 1 aliphatic heterocycles. The Morgan fingerprint density at radius 2 is 2.09 bits per heavy atom. The van der Waals surface area contributed by atoms with Gasteiger partial charge in [0.2, 0.25) is 5.91 Å². The van der Waals surface area contributed by atoms with Crippen LogP contribution in [0.1, 0.15) is 69.3 Å². The maximum absolute atomic E-state index is 13.0. The molecule has 2 fully saturated rings. The van der Waals surface area contributed by atoms with Gasteiger partial charge in [0.15, 0.2) is 0 Å². The van der Waals surface area contributed by atoms with Crippen molar-refractivity contribution >= 4 is 27.8 Å². The quantitative estimate of drug-likeness (QED) is 0.669. The van der Waals surface area contributed by atoms with E-state index in [-0.39, 0.29) is 30.5 Å². The van der Waals surface area contributed by atoms with E-state index < -0.39 is 0 Å². The molecule has 1 amide bonds. The smallest absolute Gasteiger partial charge is 0.227 e. The summed E-state index contributed by atoms with van der Waals surface area (Å²) < 4.78 is 8.03. The Hall–Kier alpha value is -2.98. The van der Waals surface area contributed by atoms with Gasteiger partial charge in [-0.05, 0) is 50.8 Å². The Balaban J connectivity index is 1.58. The van der Waals surface area contributed by atoms with Crippen molar-refractivity contribution < 1.29 is 9.53 Å².